The molecule has 0 aromatic heterocycles. The summed E-state index contributed by atoms with van der Waals surface area (Å²) in [5.41, 5.74) is 1.02. The molecule has 1 fully saturated rings. The van der Waals surface area contributed by atoms with E-state index < -0.39 is 132 Å². The van der Waals surface area contributed by atoms with E-state index in [-0.39, 0.29) is 50.2 Å². The molecule has 2 heterocycles. The van der Waals surface area contributed by atoms with Gasteiger partial charge in [0.15, 0.2) is 0 Å². The third kappa shape index (κ3) is 25.3. The fourth-order valence-corrected chi connectivity index (χ4v) is 16.0. The maximum Gasteiger partial charge on any atom is 0.410 e. The van der Waals surface area contributed by atoms with E-state index >= 15 is 0 Å². The highest BCUT2D eigenvalue weighted by Gasteiger charge is 2.44. The Bertz CT molecular complexity index is 4190. The fourth-order valence-electron chi connectivity index (χ4n) is 14.0. The van der Waals surface area contributed by atoms with Crippen molar-refractivity contribution >= 4 is 94.2 Å². The maximum absolute atomic E-state index is 14.4. The highest BCUT2D eigenvalue weighted by molar-refractivity contribution is 8.08. The molecule has 27 heteroatoms. The Morgan fingerprint density at radius 3 is 1.77 bits per heavy atom. The molecule has 612 valence electrons. The van der Waals surface area contributed by atoms with Crippen molar-refractivity contribution in [1.29, 1.82) is 0 Å². The lowest BCUT2D eigenvalue weighted by molar-refractivity contribution is -0.146. The van der Waals surface area contributed by atoms with Gasteiger partial charge in [0.2, 0.25) is 41.4 Å². The van der Waals surface area contributed by atoms with Gasteiger partial charge in [0.25, 0.3) is 11.8 Å². The number of ether oxygens (including phenoxy) is 5. The number of hydrogen-bond acceptors (Lipinski definition) is 18. The summed E-state index contributed by atoms with van der Waals surface area (Å²) < 4.78 is 30.3. The zero-order chi connectivity index (χ0) is 83.0. The minimum absolute atomic E-state index is 0.0815. The van der Waals surface area contributed by atoms with Crippen molar-refractivity contribution in [1.82, 2.24) is 36.0 Å². The topological polar surface area (TPSA) is 310 Å². The molecule has 0 bridgehead atoms. The number of likely N-dealkylation sites (tertiary alicyclic amines) is 1. The molecule has 25 nitrogen and oxygen atoms in total. The van der Waals surface area contributed by atoms with Crippen molar-refractivity contribution in [3.8, 4) is 5.75 Å². The van der Waals surface area contributed by atoms with Crippen LogP contribution in [0.2, 0.25) is 0 Å². The Labute approximate surface area is 678 Å². The number of aliphatic hydroxyl groups excluding tert-OH is 1. The number of thioether (sulfide) groups is 2. The molecule has 1 saturated heterocycles. The van der Waals surface area contributed by atoms with E-state index in [1.54, 1.807) is 114 Å². The SMILES string of the molecule is CCC(C)C([C@@H](CC(=O)N1CCC[C@H]1[C@H](OC)[C@@H](C)C(=O)N[C@H](C)[C@@H](O)c1ccccc1)OC)N(C)C(=O)CNC(=O)C(C(C)C)N(C)C(=O)OCc1ccc(NC(=O)CNC(=O)[C@H](Cc2ccccc2)NC(=O)CC(C)(C)OCCC(C)(C)Oc2ccc(N3C(=O)C(Sc4ccccc4)=C(Sc4ccccc4)C3=O)cc2)cc1. The van der Waals surface area contributed by atoms with E-state index in [1.165, 1.54) is 59.5 Å². The van der Waals surface area contributed by atoms with Crippen LogP contribution in [-0.4, -0.2) is 187 Å². The second-order valence-corrected chi connectivity index (χ2v) is 32.6. The molecular weight excluding hydrogens is 1490 g/mol. The van der Waals surface area contributed by atoms with Crippen molar-refractivity contribution in [2.75, 3.05) is 64.8 Å². The van der Waals surface area contributed by atoms with E-state index in [0.717, 1.165) is 15.4 Å². The summed E-state index contributed by atoms with van der Waals surface area (Å²) in [6.45, 7) is 17.8. The average molecular weight is 1600 g/mol. The zero-order valence-corrected chi connectivity index (χ0v) is 69.3. The van der Waals surface area contributed by atoms with Crippen LogP contribution in [0.4, 0.5) is 16.2 Å². The van der Waals surface area contributed by atoms with E-state index in [4.69, 9.17) is 23.7 Å². The van der Waals surface area contributed by atoms with Gasteiger partial charge in [-0.25, -0.2) is 9.69 Å². The smallest absolute Gasteiger partial charge is 0.410 e. The third-order valence-electron chi connectivity index (χ3n) is 20.5. The number of carbonyl (C=O) groups excluding carboxylic acids is 10. The molecule has 0 spiro atoms. The molecule has 3 unspecified atom stereocenters. The fraction of sp³-hybridized carbons (Fsp3) is 0.448. The Kier molecular flexibility index (Phi) is 33.4. The van der Waals surface area contributed by atoms with Crippen LogP contribution in [0.1, 0.15) is 131 Å². The summed E-state index contributed by atoms with van der Waals surface area (Å²) in [4.78, 5) is 147. The average Bonchev–Trinajstić information content (AvgIpc) is 1.62. The van der Waals surface area contributed by atoms with Crippen molar-refractivity contribution in [3.05, 3.63) is 196 Å². The molecule has 114 heavy (non-hydrogen) atoms. The van der Waals surface area contributed by atoms with Crippen LogP contribution in [0.3, 0.4) is 0 Å². The largest absolute Gasteiger partial charge is 0.488 e. The molecule has 0 radical (unpaired) electrons. The molecule has 0 saturated carbocycles. The molecule has 6 N–H and O–H groups in total. The summed E-state index contributed by atoms with van der Waals surface area (Å²) in [5.74, 6) is -4.79. The molecular formula is C87H111N9O16S2. The van der Waals surface area contributed by atoms with Crippen molar-refractivity contribution in [2.24, 2.45) is 17.8 Å². The lowest BCUT2D eigenvalue weighted by Crippen LogP contribution is -2.56. The van der Waals surface area contributed by atoms with Crippen LogP contribution < -0.4 is 36.2 Å². The first kappa shape index (κ1) is 89.6. The van der Waals surface area contributed by atoms with Gasteiger partial charge in [-0.15, -0.1) is 0 Å². The highest BCUT2D eigenvalue weighted by Crippen LogP contribution is 2.44. The number of nitrogens with one attached hydrogen (secondary N) is 5. The summed E-state index contributed by atoms with van der Waals surface area (Å²) >= 11 is 2.51. The second kappa shape index (κ2) is 42.5. The van der Waals surface area contributed by atoms with E-state index in [2.05, 4.69) is 26.6 Å². The quantitative estimate of drug-likeness (QED) is 0.0194. The number of likely N-dealkylation sites (N-methyl/N-ethyl adjacent to an activating group) is 2. The number of nitrogens with zero attached hydrogens (tertiary/aromatic N) is 4. The van der Waals surface area contributed by atoms with Crippen LogP contribution in [0.25, 0.3) is 0 Å². The van der Waals surface area contributed by atoms with Gasteiger partial charge in [0, 0.05) is 63.2 Å². The number of hydrogen-bond donors (Lipinski definition) is 6. The summed E-state index contributed by atoms with van der Waals surface area (Å²) in [6, 6.07) is 46.6. The molecule has 0 aliphatic carbocycles. The van der Waals surface area contributed by atoms with Crippen LogP contribution in [0.5, 0.6) is 5.75 Å². The lowest BCUT2D eigenvalue weighted by atomic mass is 9.90. The van der Waals surface area contributed by atoms with Gasteiger partial charge in [-0.05, 0) is 137 Å². The first-order valence-corrected chi connectivity index (χ1v) is 40.3. The minimum atomic E-state index is -1.06. The number of amides is 10. The molecule has 10 atom stereocenters. The Balaban J connectivity index is 0.766. The van der Waals surface area contributed by atoms with E-state index in [9.17, 15) is 53.1 Å². The van der Waals surface area contributed by atoms with Gasteiger partial charge in [0.1, 0.15) is 30.0 Å². The molecule has 2 aliphatic rings. The first-order chi connectivity index (χ1) is 54.3. The summed E-state index contributed by atoms with van der Waals surface area (Å²) in [7, 11) is 6.04. The lowest BCUT2D eigenvalue weighted by Gasteiger charge is -2.39. The standard InChI is InChI=1S/C87H111N9O16S2/c1-15-56(4)75(69(108-13)50-72(99)95-47-28-37-68(95)77(109-14)57(5)80(102)90-58(6)76(101)61-31-22-17-23-32-61)93(11)73(100)53-89-82(104)74(55(2)3)94(12)85(107)110-54-60-38-40-62(41-39-60)91-71(98)52-88-81(103)67(49-59-29-20-16-21-30-59)92-70(97)51-87(9,10)111-48-46-86(7,8)112-64-44-42-63(43-45-64)96-83(105)78(113-65-33-24-18-25-34-65)79(84(96)106)114-66-35-26-19-27-36-66/h16-27,29-36,38-45,55-58,67-69,74-77,101H,15,28,37,46-54H2,1-14H3,(H,88,103)(H,89,104)(H,90,102)(H,91,98)(H,92,97)/t56?,57-,58-,67+,68+,69-,74?,75?,76-,77-/m1/s1. The third-order valence-corrected chi connectivity index (χ3v) is 22.8. The molecule has 6 aromatic rings. The predicted molar refractivity (Wildman–Crippen MR) is 439 cm³/mol. The van der Waals surface area contributed by atoms with Crippen molar-refractivity contribution in [2.45, 2.75) is 190 Å². The van der Waals surface area contributed by atoms with E-state index in [0.29, 0.717) is 70.3 Å². The molecule has 6 aromatic carbocycles. The maximum atomic E-state index is 14.4. The summed E-state index contributed by atoms with van der Waals surface area (Å²) in [5, 5.41) is 24.9. The number of rotatable bonds is 41. The zero-order valence-electron chi connectivity index (χ0n) is 67.7. The van der Waals surface area contributed by atoms with Gasteiger partial charge in [-0.3, -0.25) is 48.1 Å². The Morgan fingerprint density at radius 2 is 1.21 bits per heavy atom. The number of methoxy groups -OCH3 is 2. The predicted octanol–water partition coefficient (Wildman–Crippen LogP) is 11.4. The number of carbonyl (C=O) groups is 10. The monoisotopic (exact) mass is 1600 g/mol. The van der Waals surface area contributed by atoms with Crippen LogP contribution in [-0.2, 0) is 75.1 Å². The number of aliphatic hydroxyl groups is 1. The molecule has 8 rings (SSSR count). The van der Waals surface area contributed by atoms with Crippen LogP contribution in [0.15, 0.2) is 189 Å². The number of benzene rings is 6. The first-order valence-electron chi connectivity index (χ1n) is 38.7. The van der Waals surface area contributed by atoms with E-state index in [1.807, 2.05) is 137 Å². The van der Waals surface area contributed by atoms with Crippen LogP contribution >= 0.6 is 23.5 Å². The molecule has 10 amide bonds. The molecule has 2 aliphatic heterocycles. The summed E-state index contributed by atoms with van der Waals surface area (Å²) in [6.07, 6.45) is -0.910. The van der Waals surface area contributed by atoms with Crippen LogP contribution in [0, 0.1) is 17.8 Å². The Hall–Kier alpha value is -9.90. The van der Waals surface area contributed by atoms with Gasteiger partial charge in [-0.1, -0.05) is 174 Å². The number of anilines is 2. The number of imide groups is 1. The van der Waals surface area contributed by atoms with Gasteiger partial charge in [-0.2, -0.15) is 0 Å². The van der Waals surface area contributed by atoms with Crippen molar-refractivity contribution in [3.63, 3.8) is 0 Å². The highest BCUT2D eigenvalue weighted by atomic mass is 32.2. The Morgan fingerprint density at radius 1 is 0.640 bits per heavy atom. The van der Waals surface area contributed by atoms with Gasteiger partial charge >= 0.3 is 6.09 Å². The van der Waals surface area contributed by atoms with Crippen molar-refractivity contribution < 1.29 is 76.7 Å². The van der Waals surface area contributed by atoms with Gasteiger partial charge in [0.05, 0.1) is 96.0 Å². The minimum Gasteiger partial charge on any atom is -0.488 e. The van der Waals surface area contributed by atoms with Gasteiger partial charge < -0.3 is 65.2 Å². The second-order valence-electron chi connectivity index (χ2n) is 30.5. The normalized spacial score (nSPS) is 16.2.